The Morgan fingerprint density at radius 2 is 2.04 bits per heavy atom. The molecule has 0 spiro atoms. The van der Waals surface area contributed by atoms with Crippen LogP contribution >= 0.6 is 23.2 Å². The number of amides is 2. The molecule has 0 bridgehead atoms. The number of urea groups is 1. The van der Waals surface area contributed by atoms with Crippen LogP contribution in [0, 0.1) is 0 Å². The van der Waals surface area contributed by atoms with E-state index in [1.165, 1.54) is 0 Å². The minimum absolute atomic E-state index is 0.145. The fourth-order valence-electron chi connectivity index (χ4n) is 2.86. The molecule has 9 heteroatoms. The first-order valence-electron chi connectivity index (χ1n) is 8.60. The fourth-order valence-corrected chi connectivity index (χ4v) is 3.16. The Balaban J connectivity index is 1.63. The normalized spacial score (nSPS) is 16.7. The summed E-state index contributed by atoms with van der Waals surface area (Å²) in [5, 5.41) is 3.69. The van der Waals surface area contributed by atoms with Gasteiger partial charge in [0.2, 0.25) is 0 Å². The van der Waals surface area contributed by atoms with Crippen molar-refractivity contribution in [3.8, 4) is 5.88 Å². The van der Waals surface area contributed by atoms with Crippen molar-refractivity contribution in [2.45, 2.75) is 18.9 Å². The lowest BCUT2D eigenvalue weighted by Gasteiger charge is -2.33. The SMILES string of the molecule is CN(C)c1nccnc1OC1CCCN(C(=O)Nc2ccc(Cl)c(Cl)c2)C1. The summed E-state index contributed by atoms with van der Waals surface area (Å²) < 4.78 is 6.04. The summed E-state index contributed by atoms with van der Waals surface area (Å²) >= 11 is 11.9. The third kappa shape index (κ3) is 4.93. The highest BCUT2D eigenvalue weighted by atomic mass is 35.5. The first kappa shape index (κ1) is 19.5. The van der Waals surface area contributed by atoms with Gasteiger partial charge >= 0.3 is 6.03 Å². The maximum Gasteiger partial charge on any atom is 0.321 e. The molecule has 3 rings (SSSR count). The molecule has 1 saturated heterocycles. The maximum atomic E-state index is 12.6. The molecule has 1 aliphatic heterocycles. The van der Waals surface area contributed by atoms with Gasteiger partial charge in [-0.15, -0.1) is 0 Å². The lowest BCUT2D eigenvalue weighted by Crippen LogP contribution is -2.46. The van der Waals surface area contributed by atoms with Crippen molar-refractivity contribution in [1.29, 1.82) is 0 Å². The summed E-state index contributed by atoms with van der Waals surface area (Å²) in [6, 6.07) is 4.79. The predicted molar refractivity (Wildman–Crippen MR) is 107 cm³/mol. The zero-order valence-corrected chi connectivity index (χ0v) is 16.7. The van der Waals surface area contributed by atoms with Crippen LogP contribution in [0.1, 0.15) is 12.8 Å². The molecule has 1 aromatic carbocycles. The smallest absolute Gasteiger partial charge is 0.321 e. The summed E-state index contributed by atoms with van der Waals surface area (Å²) in [7, 11) is 3.77. The van der Waals surface area contributed by atoms with Gasteiger partial charge in [0.05, 0.1) is 16.6 Å². The van der Waals surface area contributed by atoms with Crippen LogP contribution in [-0.2, 0) is 0 Å². The number of benzene rings is 1. The molecule has 1 aromatic heterocycles. The van der Waals surface area contributed by atoms with Gasteiger partial charge < -0.3 is 19.9 Å². The van der Waals surface area contributed by atoms with E-state index in [4.69, 9.17) is 27.9 Å². The summed E-state index contributed by atoms with van der Waals surface area (Å²) in [4.78, 5) is 24.7. The zero-order chi connectivity index (χ0) is 19.4. The molecule has 1 N–H and O–H groups in total. The Kier molecular flexibility index (Phi) is 6.23. The third-order valence-corrected chi connectivity index (χ3v) is 4.92. The standard InChI is InChI=1S/C18H21Cl2N5O2/c1-24(2)16-17(22-8-7-21-16)27-13-4-3-9-25(11-13)18(26)23-12-5-6-14(19)15(20)10-12/h5-8,10,13H,3-4,9,11H2,1-2H3,(H,23,26). The number of ether oxygens (including phenoxy) is 1. The summed E-state index contributed by atoms with van der Waals surface area (Å²) in [6.07, 6.45) is 4.77. The Morgan fingerprint density at radius 3 is 2.78 bits per heavy atom. The number of likely N-dealkylation sites (tertiary alicyclic amines) is 1. The number of nitrogens with one attached hydrogen (secondary N) is 1. The molecule has 2 heterocycles. The molecule has 1 atom stereocenters. The van der Waals surface area contributed by atoms with E-state index in [1.54, 1.807) is 35.5 Å². The van der Waals surface area contributed by atoms with Crippen LogP contribution in [-0.4, -0.2) is 54.2 Å². The molecule has 1 aliphatic rings. The zero-order valence-electron chi connectivity index (χ0n) is 15.2. The minimum Gasteiger partial charge on any atom is -0.470 e. The number of rotatable bonds is 4. The van der Waals surface area contributed by atoms with Crippen molar-refractivity contribution < 1.29 is 9.53 Å². The number of carbonyl (C=O) groups is 1. The molecule has 2 aromatic rings. The van der Waals surface area contributed by atoms with E-state index in [9.17, 15) is 4.79 Å². The molecule has 144 valence electrons. The van der Waals surface area contributed by atoms with Crippen molar-refractivity contribution in [3.05, 3.63) is 40.6 Å². The fraction of sp³-hybridized carbons (Fsp3) is 0.389. The molecule has 0 radical (unpaired) electrons. The van der Waals surface area contributed by atoms with E-state index >= 15 is 0 Å². The van der Waals surface area contributed by atoms with Crippen molar-refractivity contribution in [2.24, 2.45) is 0 Å². The van der Waals surface area contributed by atoms with Crippen molar-refractivity contribution in [3.63, 3.8) is 0 Å². The average molecular weight is 410 g/mol. The monoisotopic (exact) mass is 409 g/mol. The van der Waals surface area contributed by atoms with Crippen LogP contribution in [0.3, 0.4) is 0 Å². The van der Waals surface area contributed by atoms with Crippen LogP contribution in [0.5, 0.6) is 5.88 Å². The Labute approximate surface area is 168 Å². The van der Waals surface area contributed by atoms with E-state index in [1.807, 2.05) is 19.0 Å². The minimum atomic E-state index is -0.200. The number of piperidine rings is 1. The van der Waals surface area contributed by atoms with Gasteiger partial charge in [-0.2, -0.15) is 0 Å². The predicted octanol–water partition coefficient (Wildman–Crippen LogP) is 3.92. The van der Waals surface area contributed by atoms with E-state index in [-0.39, 0.29) is 12.1 Å². The van der Waals surface area contributed by atoms with Gasteiger partial charge in [0, 0.05) is 38.7 Å². The Morgan fingerprint density at radius 1 is 1.26 bits per heavy atom. The largest absolute Gasteiger partial charge is 0.470 e. The molecule has 1 fully saturated rings. The van der Waals surface area contributed by atoms with Gasteiger partial charge in [-0.3, -0.25) is 0 Å². The molecule has 0 aliphatic carbocycles. The second kappa shape index (κ2) is 8.63. The van der Waals surface area contributed by atoms with Crippen LogP contribution < -0.4 is 15.0 Å². The number of halogens is 2. The van der Waals surface area contributed by atoms with Gasteiger partial charge in [-0.25, -0.2) is 14.8 Å². The first-order chi connectivity index (χ1) is 12.9. The van der Waals surface area contributed by atoms with Crippen molar-refractivity contribution >= 4 is 40.7 Å². The van der Waals surface area contributed by atoms with Crippen LogP contribution in [0.2, 0.25) is 10.0 Å². The highest BCUT2D eigenvalue weighted by Gasteiger charge is 2.26. The third-order valence-electron chi connectivity index (χ3n) is 4.18. The average Bonchev–Trinajstić information content (AvgIpc) is 2.65. The highest BCUT2D eigenvalue weighted by Crippen LogP contribution is 2.26. The van der Waals surface area contributed by atoms with Crippen molar-refractivity contribution in [2.75, 3.05) is 37.4 Å². The van der Waals surface area contributed by atoms with Gasteiger partial charge in [0.15, 0.2) is 5.82 Å². The lowest BCUT2D eigenvalue weighted by atomic mass is 10.1. The van der Waals surface area contributed by atoms with Crippen LogP contribution in [0.15, 0.2) is 30.6 Å². The van der Waals surface area contributed by atoms with E-state index < -0.39 is 0 Å². The molecular formula is C18H21Cl2N5O2. The first-order valence-corrected chi connectivity index (χ1v) is 9.35. The summed E-state index contributed by atoms with van der Waals surface area (Å²) in [6.45, 7) is 1.13. The van der Waals surface area contributed by atoms with Crippen LogP contribution in [0.25, 0.3) is 0 Å². The molecule has 7 nitrogen and oxygen atoms in total. The number of nitrogens with zero attached hydrogens (tertiary/aromatic N) is 4. The Hall–Kier alpha value is -2.25. The number of hydrogen-bond acceptors (Lipinski definition) is 5. The number of hydrogen-bond donors (Lipinski definition) is 1. The highest BCUT2D eigenvalue weighted by molar-refractivity contribution is 6.42. The van der Waals surface area contributed by atoms with Gasteiger partial charge in [-0.05, 0) is 31.0 Å². The topological polar surface area (TPSA) is 70.6 Å². The van der Waals surface area contributed by atoms with Gasteiger partial charge in [-0.1, -0.05) is 23.2 Å². The van der Waals surface area contributed by atoms with Gasteiger partial charge in [0.1, 0.15) is 6.10 Å². The van der Waals surface area contributed by atoms with E-state index in [0.29, 0.717) is 40.5 Å². The van der Waals surface area contributed by atoms with E-state index in [2.05, 4.69) is 15.3 Å². The second-order valence-corrected chi connectivity index (χ2v) is 7.28. The quantitative estimate of drug-likeness (QED) is 0.827. The molecule has 1 unspecified atom stereocenters. The van der Waals surface area contributed by atoms with Crippen LogP contribution in [0.4, 0.5) is 16.3 Å². The Bertz CT molecular complexity index is 818. The van der Waals surface area contributed by atoms with E-state index in [0.717, 1.165) is 12.8 Å². The number of aromatic nitrogens is 2. The molecule has 2 amide bonds. The van der Waals surface area contributed by atoms with Crippen molar-refractivity contribution in [1.82, 2.24) is 14.9 Å². The molecule has 27 heavy (non-hydrogen) atoms. The molecular weight excluding hydrogens is 389 g/mol. The van der Waals surface area contributed by atoms with Gasteiger partial charge in [0.25, 0.3) is 5.88 Å². The number of anilines is 2. The lowest BCUT2D eigenvalue weighted by molar-refractivity contribution is 0.103. The summed E-state index contributed by atoms with van der Waals surface area (Å²) in [5.41, 5.74) is 0.598. The molecule has 0 saturated carbocycles. The second-order valence-electron chi connectivity index (χ2n) is 6.47. The summed E-state index contributed by atoms with van der Waals surface area (Å²) in [5.74, 6) is 1.13. The maximum absolute atomic E-state index is 12.6. The number of carbonyl (C=O) groups excluding carboxylic acids is 1.